The summed E-state index contributed by atoms with van der Waals surface area (Å²) < 4.78 is 0. The third kappa shape index (κ3) is 2.63. The largest absolute Gasteiger partial charge is 0.392 e. The van der Waals surface area contributed by atoms with E-state index in [2.05, 4.69) is 54.5 Å². The number of allylic oxidation sites excluding steroid dienone is 1. The molecule has 5 aliphatic rings. The molecule has 5 nitrogen and oxygen atoms in total. The molecule has 4 saturated carbocycles. The van der Waals surface area contributed by atoms with Crippen molar-refractivity contribution in [2.45, 2.75) is 130 Å². The summed E-state index contributed by atoms with van der Waals surface area (Å²) in [5.74, 6) is 1.03. The lowest BCUT2D eigenvalue weighted by atomic mass is 9.31. The van der Waals surface area contributed by atoms with E-state index in [9.17, 15) is 15.3 Å². The summed E-state index contributed by atoms with van der Waals surface area (Å²) in [7, 11) is 0. The molecule has 5 rings (SSSR count). The first-order valence-electron chi connectivity index (χ1n) is 14.3. The molecule has 5 heteroatoms. The Morgan fingerprint density at radius 1 is 0.857 bits per heavy atom. The van der Waals surface area contributed by atoms with Crippen LogP contribution in [0.5, 0.6) is 0 Å². The van der Waals surface area contributed by atoms with Crippen molar-refractivity contribution >= 4 is 0 Å². The monoisotopic (exact) mass is 488 g/mol. The number of fused-ring (bicyclic) bond motifs is 7. The number of hydrogen-bond donors (Lipinski definition) is 5. The Balaban J connectivity index is 1.67. The quantitative estimate of drug-likeness (QED) is 0.276. The lowest BCUT2D eigenvalue weighted by Gasteiger charge is -2.75. The first-order chi connectivity index (χ1) is 16.0. The van der Waals surface area contributed by atoms with Crippen molar-refractivity contribution < 1.29 is 15.3 Å². The molecule has 0 saturated heterocycles. The van der Waals surface area contributed by atoms with Crippen molar-refractivity contribution in [3.63, 3.8) is 0 Å². The van der Waals surface area contributed by atoms with Gasteiger partial charge in [0.25, 0.3) is 0 Å². The number of aliphatic hydroxyl groups is 3. The average molecular weight is 489 g/mol. The first kappa shape index (κ1) is 26.2. The summed E-state index contributed by atoms with van der Waals surface area (Å²) in [5, 5.41) is 32.6. The van der Waals surface area contributed by atoms with Crippen molar-refractivity contribution in [3.8, 4) is 0 Å². The van der Waals surface area contributed by atoms with E-state index in [1.54, 1.807) is 0 Å². The summed E-state index contributed by atoms with van der Waals surface area (Å²) in [6.07, 6.45) is 8.73. The molecule has 0 unspecified atom stereocenters. The number of hydrogen-bond acceptors (Lipinski definition) is 5. The van der Waals surface area contributed by atoms with E-state index in [0.29, 0.717) is 11.8 Å². The Morgan fingerprint density at radius 2 is 1.51 bits per heavy atom. The van der Waals surface area contributed by atoms with Crippen LogP contribution in [0.15, 0.2) is 11.6 Å². The second-order valence-electron chi connectivity index (χ2n) is 15.0. The second kappa shape index (κ2) is 7.34. The Hall–Kier alpha value is -0.460. The maximum atomic E-state index is 11.0. The van der Waals surface area contributed by atoms with Crippen molar-refractivity contribution in [1.82, 2.24) is 0 Å². The summed E-state index contributed by atoms with van der Waals surface area (Å²) in [6, 6.07) is 0. The molecular formula is C30H52N2O3. The van der Waals surface area contributed by atoms with E-state index in [-0.39, 0.29) is 33.7 Å². The zero-order chi connectivity index (χ0) is 26.0. The van der Waals surface area contributed by atoms with Gasteiger partial charge in [-0.3, -0.25) is 0 Å². The molecule has 0 heterocycles. The summed E-state index contributed by atoms with van der Waals surface area (Å²) in [4.78, 5) is 0. The van der Waals surface area contributed by atoms with Crippen molar-refractivity contribution in [2.75, 3.05) is 0 Å². The molecule has 0 aromatic carbocycles. The van der Waals surface area contributed by atoms with E-state index >= 15 is 0 Å². The molecule has 5 aliphatic carbocycles. The zero-order valence-corrected chi connectivity index (χ0v) is 23.3. The van der Waals surface area contributed by atoms with Gasteiger partial charge in [0.15, 0.2) is 6.29 Å². The van der Waals surface area contributed by atoms with Gasteiger partial charge in [-0.2, -0.15) is 0 Å². The van der Waals surface area contributed by atoms with E-state index < -0.39 is 22.8 Å². The van der Waals surface area contributed by atoms with Crippen LogP contribution in [0, 0.1) is 44.8 Å². The Labute approximate surface area is 213 Å². The van der Waals surface area contributed by atoms with Gasteiger partial charge in [-0.1, -0.05) is 54.5 Å². The van der Waals surface area contributed by atoms with Crippen LogP contribution >= 0.6 is 0 Å². The van der Waals surface area contributed by atoms with Gasteiger partial charge in [0.2, 0.25) is 0 Å². The van der Waals surface area contributed by atoms with Crippen LogP contribution in [-0.4, -0.2) is 38.8 Å². The summed E-state index contributed by atoms with van der Waals surface area (Å²) in [5.41, 5.74) is 13.9. The Kier molecular flexibility index (Phi) is 5.49. The molecule has 4 fully saturated rings. The predicted octanol–water partition coefficient (Wildman–Crippen LogP) is 4.48. The maximum Gasteiger partial charge on any atom is 0.159 e. The van der Waals surface area contributed by atoms with Gasteiger partial charge in [-0.15, -0.1) is 0 Å². The number of nitrogens with two attached hydrogens (primary N) is 2. The highest BCUT2D eigenvalue weighted by atomic mass is 16.5. The van der Waals surface area contributed by atoms with Crippen LogP contribution < -0.4 is 11.5 Å². The van der Waals surface area contributed by atoms with Gasteiger partial charge in [-0.25, -0.2) is 0 Å². The molecule has 35 heavy (non-hydrogen) atoms. The van der Waals surface area contributed by atoms with Gasteiger partial charge in [0.1, 0.15) is 0 Å². The van der Waals surface area contributed by atoms with Crippen LogP contribution in [0.3, 0.4) is 0 Å². The van der Waals surface area contributed by atoms with Crippen LogP contribution in [0.2, 0.25) is 0 Å². The zero-order valence-electron chi connectivity index (χ0n) is 23.3. The van der Waals surface area contributed by atoms with E-state index in [4.69, 9.17) is 11.5 Å². The van der Waals surface area contributed by atoms with Gasteiger partial charge in [-0.05, 0) is 97.4 Å². The molecular weight excluding hydrogens is 436 g/mol. The molecule has 0 bridgehead atoms. The van der Waals surface area contributed by atoms with Gasteiger partial charge >= 0.3 is 0 Å². The van der Waals surface area contributed by atoms with Crippen LogP contribution in [0.4, 0.5) is 0 Å². The van der Waals surface area contributed by atoms with Crippen LogP contribution in [0.25, 0.3) is 0 Å². The van der Waals surface area contributed by atoms with E-state index in [1.807, 2.05) is 0 Å². The molecule has 0 radical (unpaired) electrons. The molecule has 0 amide bonds. The standard InChI is InChI=1S/C30H52N2O3/c1-18-10-13-28(23(34)35)16-14-26(6)21(30(28,32)19(18)2)9-8-20-25(26,5)15-17-29(31)24(3,4)22(33)11-12-27(20,29)7/h9,18-20,22-23,33-35H,8,10-17,31-32H2,1-7H3/t18-,19+,20+,22+,25-,26-,27-,28-,29-,30-/m1/s1. The number of rotatable bonds is 1. The molecule has 200 valence electrons. The van der Waals surface area contributed by atoms with Gasteiger partial charge in [0, 0.05) is 16.4 Å². The van der Waals surface area contributed by atoms with Crippen molar-refractivity contribution in [2.24, 2.45) is 56.3 Å². The molecule has 7 N–H and O–H groups in total. The maximum absolute atomic E-state index is 11.0. The minimum Gasteiger partial charge on any atom is -0.392 e. The normalized spacial score (nSPS) is 57.5. The molecule has 10 atom stereocenters. The predicted molar refractivity (Wildman–Crippen MR) is 140 cm³/mol. The van der Waals surface area contributed by atoms with Crippen molar-refractivity contribution in [1.29, 1.82) is 0 Å². The topological polar surface area (TPSA) is 113 Å². The van der Waals surface area contributed by atoms with E-state index in [1.165, 1.54) is 5.57 Å². The van der Waals surface area contributed by atoms with E-state index in [0.717, 1.165) is 57.8 Å². The second-order valence-corrected chi connectivity index (χ2v) is 15.0. The van der Waals surface area contributed by atoms with Gasteiger partial charge in [0.05, 0.1) is 11.6 Å². The third-order valence-electron chi connectivity index (χ3n) is 14.4. The average Bonchev–Trinajstić information content (AvgIpc) is 2.78. The fourth-order valence-electron chi connectivity index (χ4n) is 11.1. The van der Waals surface area contributed by atoms with Crippen molar-refractivity contribution in [3.05, 3.63) is 11.6 Å². The SMILES string of the molecule is C[C@@H]1CC[C@]2(C(O)O)CC[C@]3(C)C(=CC[C@@H]4[C@@]5(C)CC[C@H](O)C(C)(C)[C@]5(N)CC[C@]43C)[C@]2(N)[C@H]1C. The van der Waals surface area contributed by atoms with Crippen LogP contribution in [0.1, 0.15) is 106 Å². The fraction of sp³-hybridized carbons (Fsp3) is 0.933. The number of aliphatic hydroxyl groups excluding tert-OH is 2. The first-order valence-corrected chi connectivity index (χ1v) is 14.3. The highest BCUT2D eigenvalue weighted by Gasteiger charge is 2.74. The van der Waals surface area contributed by atoms with Crippen LogP contribution in [-0.2, 0) is 0 Å². The Bertz CT molecular complexity index is 933. The lowest BCUT2D eigenvalue weighted by molar-refractivity contribution is -0.238. The fourth-order valence-corrected chi connectivity index (χ4v) is 11.1. The highest BCUT2D eigenvalue weighted by molar-refractivity contribution is 5.42. The minimum absolute atomic E-state index is 0.0203. The third-order valence-corrected chi connectivity index (χ3v) is 14.4. The molecule has 0 aliphatic heterocycles. The smallest absolute Gasteiger partial charge is 0.159 e. The summed E-state index contributed by atoms with van der Waals surface area (Å²) >= 11 is 0. The molecule has 0 spiro atoms. The van der Waals surface area contributed by atoms with Gasteiger partial charge < -0.3 is 26.8 Å². The minimum atomic E-state index is -1.40. The lowest BCUT2D eigenvalue weighted by Crippen LogP contribution is -2.78. The molecule has 0 aromatic heterocycles. The summed E-state index contributed by atoms with van der Waals surface area (Å²) in [6.45, 7) is 16.2. The molecule has 0 aromatic rings. The Morgan fingerprint density at radius 3 is 2.14 bits per heavy atom. The highest BCUT2D eigenvalue weighted by Crippen LogP contribution is 2.76.